The third-order valence-corrected chi connectivity index (χ3v) is 3.91. The van der Waals surface area contributed by atoms with E-state index in [1.165, 1.54) is 25.1 Å². The molecule has 0 spiro atoms. The lowest BCUT2D eigenvalue weighted by atomic mass is 9.91. The molecule has 2 unspecified atom stereocenters. The molecule has 0 saturated carbocycles. The number of carboxylic acid groups (broad SMARTS) is 1. The van der Waals surface area contributed by atoms with Crippen molar-refractivity contribution in [1.29, 1.82) is 0 Å². The summed E-state index contributed by atoms with van der Waals surface area (Å²) in [6.45, 7) is 0. The fraction of sp³-hybridized carbons (Fsp3) is 0.308. The minimum Gasteiger partial charge on any atom is -0.503 e. The minimum absolute atomic E-state index is 0.0911. The number of benzene rings is 1. The second kappa shape index (κ2) is 5.72. The quantitative estimate of drug-likeness (QED) is 0.863. The molecule has 0 aliphatic carbocycles. The van der Waals surface area contributed by atoms with Gasteiger partial charge in [-0.1, -0.05) is 0 Å². The fourth-order valence-corrected chi connectivity index (χ4v) is 2.69. The molecule has 112 valence electrons. The fourth-order valence-electron chi connectivity index (χ4n) is 2.23. The second-order valence-corrected chi connectivity index (χ2v) is 5.39. The predicted octanol–water partition coefficient (Wildman–Crippen LogP) is 2.04. The molecule has 2 amide bonds. The summed E-state index contributed by atoms with van der Waals surface area (Å²) >= 11 is 3.18. The van der Waals surface area contributed by atoms with Crippen LogP contribution in [0.2, 0.25) is 0 Å². The van der Waals surface area contributed by atoms with E-state index in [0.29, 0.717) is 10.0 Å². The molecule has 1 aromatic carbocycles. The monoisotopic (exact) mass is 356 g/mol. The highest BCUT2D eigenvalue weighted by Crippen LogP contribution is 2.40. The van der Waals surface area contributed by atoms with Crippen molar-refractivity contribution in [3.63, 3.8) is 0 Å². The Bertz CT molecular complexity index is 631. The number of urea groups is 1. The number of aliphatic imine (C=N–C) groups is 1. The van der Waals surface area contributed by atoms with Crippen molar-refractivity contribution < 1.29 is 24.5 Å². The normalized spacial score (nSPS) is 21.5. The molecule has 0 saturated heterocycles. The smallest absolute Gasteiger partial charge is 0.343 e. The third-order valence-electron chi connectivity index (χ3n) is 3.30. The van der Waals surface area contributed by atoms with Crippen LogP contribution in [0.3, 0.4) is 0 Å². The van der Waals surface area contributed by atoms with Crippen LogP contribution in [-0.2, 0) is 4.79 Å². The van der Waals surface area contributed by atoms with Crippen LogP contribution < -0.4 is 4.74 Å². The SMILES string of the molecule is COc1cc(C2C(C(=O)O)C=NC(=O)N2C)cc(Br)c1O. The standard InChI is InChI=1S/C13H13BrN2O5/c1-16-10(7(12(18)19)5-15-13(16)20)6-3-8(14)11(17)9(4-6)21-2/h3-5,7,10,17H,1-2H3,(H,18,19). The summed E-state index contributed by atoms with van der Waals surface area (Å²) in [4.78, 5) is 27.9. The summed E-state index contributed by atoms with van der Waals surface area (Å²) in [7, 11) is 2.86. The number of aliphatic carboxylic acids is 1. The van der Waals surface area contributed by atoms with E-state index in [-0.39, 0.29) is 11.5 Å². The Kier molecular flexibility index (Phi) is 4.17. The molecule has 1 aliphatic heterocycles. The van der Waals surface area contributed by atoms with Crippen molar-refractivity contribution in [3.05, 3.63) is 22.2 Å². The molecule has 0 aromatic heterocycles. The van der Waals surface area contributed by atoms with Gasteiger partial charge >= 0.3 is 12.0 Å². The number of carbonyl (C=O) groups excluding carboxylic acids is 1. The maximum Gasteiger partial charge on any atom is 0.343 e. The second-order valence-electron chi connectivity index (χ2n) is 4.53. The number of rotatable bonds is 3. The van der Waals surface area contributed by atoms with Gasteiger partial charge in [0, 0.05) is 13.3 Å². The molecule has 1 heterocycles. The molecule has 0 bridgehead atoms. The predicted molar refractivity (Wildman–Crippen MR) is 77.9 cm³/mol. The van der Waals surface area contributed by atoms with Crippen molar-refractivity contribution >= 4 is 34.1 Å². The van der Waals surface area contributed by atoms with Gasteiger partial charge in [0.1, 0.15) is 5.92 Å². The van der Waals surface area contributed by atoms with Crippen LogP contribution in [0.25, 0.3) is 0 Å². The number of hydrogen-bond acceptors (Lipinski definition) is 4. The Morgan fingerprint density at radius 2 is 2.14 bits per heavy atom. The number of amides is 2. The topological polar surface area (TPSA) is 99.4 Å². The number of nitrogens with zero attached hydrogens (tertiary/aromatic N) is 2. The minimum atomic E-state index is -1.09. The van der Waals surface area contributed by atoms with Crippen LogP contribution in [0, 0.1) is 5.92 Å². The van der Waals surface area contributed by atoms with Crippen LogP contribution in [0.1, 0.15) is 11.6 Å². The number of carboxylic acids is 1. The number of hydrogen-bond donors (Lipinski definition) is 2. The number of phenols is 1. The molecule has 21 heavy (non-hydrogen) atoms. The Morgan fingerprint density at radius 3 is 2.71 bits per heavy atom. The van der Waals surface area contributed by atoms with Gasteiger partial charge in [0.15, 0.2) is 11.5 Å². The van der Waals surface area contributed by atoms with Crippen molar-refractivity contribution in [1.82, 2.24) is 4.90 Å². The molecule has 2 rings (SSSR count). The number of phenolic OH excluding ortho intramolecular Hbond substituents is 1. The van der Waals surface area contributed by atoms with Gasteiger partial charge in [-0.3, -0.25) is 4.79 Å². The largest absolute Gasteiger partial charge is 0.503 e. The first-order valence-corrected chi connectivity index (χ1v) is 6.76. The van der Waals surface area contributed by atoms with Crippen molar-refractivity contribution in [3.8, 4) is 11.5 Å². The van der Waals surface area contributed by atoms with Gasteiger partial charge in [-0.15, -0.1) is 0 Å². The Balaban J connectivity index is 2.56. The lowest BCUT2D eigenvalue weighted by Crippen LogP contribution is -2.41. The van der Waals surface area contributed by atoms with Crippen molar-refractivity contribution in [2.24, 2.45) is 10.9 Å². The van der Waals surface area contributed by atoms with Crippen LogP contribution in [0.4, 0.5) is 4.79 Å². The Labute approximate surface area is 129 Å². The van der Waals surface area contributed by atoms with Gasteiger partial charge in [-0.05, 0) is 33.6 Å². The highest BCUT2D eigenvalue weighted by molar-refractivity contribution is 9.10. The molecule has 1 aromatic rings. The molecule has 7 nitrogen and oxygen atoms in total. The molecular formula is C13H13BrN2O5. The van der Waals surface area contributed by atoms with E-state index in [9.17, 15) is 19.8 Å². The van der Waals surface area contributed by atoms with E-state index < -0.39 is 24.0 Å². The van der Waals surface area contributed by atoms with Gasteiger partial charge in [0.25, 0.3) is 0 Å². The molecule has 8 heteroatoms. The van der Waals surface area contributed by atoms with E-state index in [1.807, 2.05) is 0 Å². The molecule has 0 radical (unpaired) electrons. The molecule has 2 atom stereocenters. The van der Waals surface area contributed by atoms with Gasteiger partial charge in [-0.2, -0.15) is 0 Å². The van der Waals surface area contributed by atoms with Gasteiger partial charge in [0.05, 0.1) is 17.6 Å². The molecule has 0 fully saturated rings. The van der Waals surface area contributed by atoms with E-state index in [1.54, 1.807) is 6.07 Å². The lowest BCUT2D eigenvalue weighted by Gasteiger charge is -2.33. The zero-order chi connectivity index (χ0) is 15.7. The van der Waals surface area contributed by atoms with Gasteiger partial charge in [0.2, 0.25) is 0 Å². The summed E-state index contributed by atoms with van der Waals surface area (Å²) in [6.07, 6.45) is 1.13. The summed E-state index contributed by atoms with van der Waals surface area (Å²) in [6, 6.07) is 1.80. The van der Waals surface area contributed by atoms with E-state index >= 15 is 0 Å². The highest BCUT2D eigenvalue weighted by atomic mass is 79.9. The molecule has 2 N–H and O–H groups in total. The average Bonchev–Trinajstić information content (AvgIpc) is 2.44. The highest BCUT2D eigenvalue weighted by Gasteiger charge is 2.37. The summed E-state index contributed by atoms with van der Waals surface area (Å²) in [5.74, 6) is -1.97. The first-order valence-electron chi connectivity index (χ1n) is 5.97. The molecular weight excluding hydrogens is 344 g/mol. The van der Waals surface area contributed by atoms with Crippen molar-refractivity contribution in [2.45, 2.75) is 6.04 Å². The number of halogens is 1. The number of carbonyl (C=O) groups is 2. The zero-order valence-electron chi connectivity index (χ0n) is 11.3. The maximum absolute atomic E-state index is 11.7. The van der Waals surface area contributed by atoms with Gasteiger partial charge < -0.3 is 19.8 Å². The van der Waals surface area contributed by atoms with E-state index in [0.717, 1.165) is 6.21 Å². The van der Waals surface area contributed by atoms with Crippen LogP contribution in [0.5, 0.6) is 11.5 Å². The first-order chi connectivity index (χ1) is 9.86. The number of aromatic hydroxyl groups is 1. The van der Waals surface area contributed by atoms with Gasteiger partial charge in [-0.25, -0.2) is 9.79 Å². The Hall–Kier alpha value is -2.09. The Morgan fingerprint density at radius 1 is 1.48 bits per heavy atom. The molecule has 1 aliphatic rings. The number of methoxy groups -OCH3 is 1. The van der Waals surface area contributed by atoms with Crippen molar-refractivity contribution in [2.75, 3.05) is 14.2 Å². The summed E-state index contributed by atoms with van der Waals surface area (Å²) in [5.41, 5.74) is 0.519. The number of ether oxygens (including phenoxy) is 1. The summed E-state index contributed by atoms with van der Waals surface area (Å²) in [5, 5.41) is 19.1. The van der Waals surface area contributed by atoms with E-state index in [2.05, 4.69) is 20.9 Å². The lowest BCUT2D eigenvalue weighted by molar-refractivity contribution is -0.140. The first kappa shape index (κ1) is 15.3. The summed E-state index contributed by atoms with van der Waals surface area (Å²) < 4.78 is 5.40. The van der Waals surface area contributed by atoms with E-state index in [4.69, 9.17) is 4.74 Å². The maximum atomic E-state index is 11.7. The van der Waals surface area contributed by atoms with Crippen LogP contribution in [0.15, 0.2) is 21.6 Å². The third kappa shape index (κ3) is 2.71. The van der Waals surface area contributed by atoms with Crippen LogP contribution in [-0.4, -0.2) is 47.5 Å². The average molecular weight is 357 g/mol. The zero-order valence-corrected chi connectivity index (χ0v) is 12.9. The van der Waals surface area contributed by atoms with Crippen LogP contribution >= 0.6 is 15.9 Å².